The van der Waals surface area contributed by atoms with E-state index in [9.17, 15) is 9.18 Å². The van der Waals surface area contributed by atoms with E-state index in [-0.39, 0.29) is 11.7 Å². The summed E-state index contributed by atoms with van der Waals surface area (Å²) < 4.78 is 15.4. The summed E-state index contributed by atoms with van der Waals surface area (Å²) in [6, 6.07) is 19.1. The van der Waals surface area contributed by atoms with Crippen LogP contribution >= 0.6 is 11.8 Å². The molecule has 0 spiro atoms. The molecule has 1 aliphatic heterocycles. The van der Waals surface area contributed by atoms with Crippen LogP contribution in [-0.4, -0.2) is 25.7 Å². The van der Waals surface area contributed by atoms with Crippen molar-refractivity contribution in [3.63, 3.8) is 0 Å². The van der Waals surface area contributed by atoms with Gasteiger partial charge < -0.3 is 10.6 Å². The second kappa shape index (κ2) is 9.48. The molecule has 9 heteroatoms. The van der Waals surface area contributed by atoms with E-state index in [1.165, 1.54) is 23.9 Å². The average molecular weight is 473 g/mol. The van der Waals surface area contributed by atoms with Crippen molar-refractivity contribution < 1.29 is 9.18 Å². The normalized spacial score (nSPS) is 14.9. The summed E-state index contributed by atoms with van der Waals surface area (Å²) in [4.78, 5) is 22.1. The number of nitrogens with one attached hydrogen (secondary N) is 2. The number of hydrogen-bond acceptors (Lipinski definition) is 6. The Morgan fingerprint density at radius 1 is 1.12 bits per heavy atom. The lowest BCUT2D eigenvalue weighted by Gasteiger charge is -2.28. The minimum atomic E-state index is -0.577. The highest BCUT2D eigenvalue weighted by Crippen LogP contribution is 2.37. The number of allylic oxidation sites excluding steroid dienone is 1. The molecule has 0 aliphatic carbocycles. The Bertz CT molecular complexity index is 1340. The van der Waals surface area contributed by atoms with Crippen LogP contribution in [0.2, 0.25) is 0 Å². The summed E-state index contributed by atoms with van der Waals surface area (Å²) in [5.41, 5.74) is 3.58. The number of pyridine rings is 1. The van der Waals surface area contributed by atoms with Gasteiger partial charge in [0.25, 0.3) is 5.91 Å². The fourth-order valence-electron chi connectivity index (χ4n) is 3.80. The maximum Gasteiger partial charge on any atom is 0.255 e. The summed E-state index contributed by atoms with van der Waals surface area (Å²) >= 11 is 1.51. The summed E-state index contributed by atoms with van der Waals surface area (Å²) in [6.45, 7) is 1.82. The molecule has 1 atom stereocenters. The predicted molar refractivity (Wildman–Crippen MR) is 130 cm³/mol. The highest BCUT2D eigenvalue weighted by atomic mass is 32.2. The molecule has 34 heavy (non-hydrogen) atoms. The highest BCUT2D eigenvalue weighted by Gasteiger charge is 2.34. The minimum absolute atomic E-state index is 0.299. The molecular weight excluding hydrogens is 451 g/mol. The first kappa shape index (κ1) is 21.8. The molecule has 0 fully saturated rings. The zero-order valence-electron chi connectivity index (χ0n) is 18.3. The Balaban J connectivity index is 1.49. The van der Waals surface area contributed by atoms with E-state index in [1.54, 1.807) is 41.3 Å². The number of hydrogen-bond donors (Lipinski definition) is 2. The second-order valence-electron chi connectivity index (χ2n) is 7.75. The third-order valence-electron chi connectivity index (χ3n) is 5.39. The third kappa shape index (κ3) is 4.55. The van der Waals surface area contributed by atoms with Crippen molar-refractivity contribution in [3.8, 4) is 0 Å². The molecule has 170 valence electrons. The summed E-state index contributed by atoms with van der Waals surface area (Å²) in [7, 11) is 0. The number of anilines is 2. The number of halogens is 1. The van der Waals surface area contributed by atoms with E-state index in [2.05, 4.69) is 32.7 Å². The van der Waals surface area contributed by atoms with Gasteiger partial charge >= 0.3 is 0 Å². The van der Waals surface area contributed by atoms with Gasteiger partial charge in [0.2, 0.25) is 11.1 Å². The number of carbonyl (C=O) groups excluding carboxylic acids is 1. The van der Waals surface area contributed by atoms with Gasteiger partial charge in [-0.2, -0.15) is 4.98 Å². The molecular formula is C25H21FN6OS. The number of benzene rings is 2. The number of carbonyl (C=O) groups is 1. The molecule has 0 saturated heterocycles. The van der Waals surface area contributed by atoms with Crippen molar-refractivity contribution in [2.45, 2.75) is 23.9 Å². The SMILES string of the molecule is CC1=C(C(=O)Nc2cccnc2)[C@H](c2ccc(F)cc2)n2nc(SCc3ccccc3)nc2N1. The standard InChI is InChI=1S/C25H21FN6OS/c1-16-21(23(33)29-20-8-5-13-27-14-20)22(18-9-11-19(26)12-10-18)32-24(28-16)30-25(31-32)34-15-17-6-3-2-4-7-17/h2-14,22H,15H2,1H3,(H,29,33)(H,28,30,31)/t22-/m0/s1. The van der Waals surface area contributed by atoms with Crippen LogP contribution < -0.4 is 10.6 Å². The average Bonchev–Trinajstić information content (AvgIpc) is 3.26. The minimum Gasteiger partial charge on any atom is -0.328 e. The van der Waals surface area contributed by atoms with Crippen molar-refractivity contribution >= 4 is 29.3 Å². The van der Waals surface area contributed by atoms with Gasteiger partial charge in [0.05, 0.1) is 17.5 Å². The van der Waals surface area contributed by atoms with Gasteiger partial charge in [-0.25, -0.2) is 9.07 Å². The number of amides is 1. The lowest BCUT2D eigenvalue weighted by Crippen LogP contribution is -2.31. The van der Waals surface area contributed by atoms with E-state index in [4.69, 9.17) is 5.10 Å². The predicted octanol–water partition coefficient (Wildman–Crippen LogP) is 5.03. The molecule has 4 aromatic rings. The van der Waals surface area contributed by atoms with Gasteiger partial charge in [0.15, 0.2) is 0 Å². The summed E-state index contributed by atoms with van der Waals surface area (Å²) in [5, 5.41) is 11.4. The molecule has 0 unspecified atom stereocenters. The van der Waals surface area contributed by atoms with Crippen LogP contribution in [0.1, 0.15) is 24.1 Å². The van der Waals surface area contributed by atoms with E-state index in [0.717, 1.165) is 11.1 Å². The first-order valence-electron chi connectivity index (χ1n) is 10.7. The van der Waals surface area contributed by atoms with Crippen molar-refractivity contribution in [1.82, 2.24) is 19.7 Å². The van der Waals surface area contributed by atoms with E-state index in [0.29, 0.717) is 33.8 Å². The van der Waals surface area contributed by atoms with Crippen molar-refractivity contribution in [2.24, 2.45) is 0 Å². The number of fused-ring (bicyclic) bond motifs is 1. The summed E-state index contributed by atoms with van der Waals surface area (Å²) in [6.07, 6.45) is 3.22. The second-order valence-corrected chi connectivity index (χ2v) is 8.69. The third-order valence-corrected chi connectivity index (χ3v) is 6.30. The monoisotopic (exact) mass is 472 g/mol. The maximum absolute atomic E-state index is 13.7. The van der Waals surface area contributed by atoms with E-state index < -0.39 is 6.04 Å². The molecule has 0 radical (unpaired) electrons. The highest BCUT2D eigenvalue weighted by molar-refractivity contribution is 7.98. The molecule has 2 N–H and O–H groups in total. The molecule has 1 amide bonds. The molecule has 2 aromatic heterocycles. The molecule has 2 aromatic carbocycles. The van der Waals surface area contributed by atoms with Crippen LogP contribution in [0.4, 0.5) is 16.0 Å². The Labute approximate surface area is 200 Å². The lowest BCUT2D eigenvalue weighted by molar-refractivity contribution is -0.113. The number of nitrogens with zero attached hydrogens (tertiary/aromatic N) is 4. The van der Waals surface area contributed by atoms with Crippen molar-refractivity contribution in [3.05, 3.63) is 107 Å². The molecule has 7 nitrogen and oxygen atoms in total. The quantitative estimate of drug-likeness (QED) is 0.383. The van der Waals surface area contributed by atoms with Crippen LogP contribution in [0.3, 0.4) is 0 Å². The number of thioether (sulfide) groups is 1. The molecule has 5 rings (SSSR count). The van der Waals surface area contributed by atoms with Crippen LogP contribution in [-0.2, 0) is 10.5 Å². The Hall–Kier alpha value is -3.98. The van der Waals surface area contributed by atoms with Gasteiger partial charge in [0.1, 0.15) is 11.9 Å². The fraction of sp³-hybridized carbons (Fsp3) is 0.120. The zero-order valence-corrected chi connectivity index (χ0v) is 19.1. The first-order chi connectivity index (χ1) is 16.6. The van der Waals surface area contributed by atoms with Gasteiger partial charge in [-0.1, -0.05) is 54.2 Å². The Kier molecular flexibility index (Phi) is 6.09. The fourth-order valence-corrected chi connectivity index (χ4v) is 4.58. The molecule has 0 bridgehead atoms. The van der Waals surface area contributed by atoms with Crippen molar-refractivity contribution in [1.29, 1.82) is 0 Å². The van der Waals surface area contributed by atoms with Crippen LogP contribution in [0.25, 0.3) is 0 Å². The maximum atomic E-state index is 13.7. The Morgan fingerprint density at radius 3 is 2.65 bits per heavy atom. The zero-order chi connectivity index (χ0) is 23.5. The van der Waals surface area contributed by atoms with Crippen molar-refractivity contribution in [2.75, 3.05) is 10.6 Å². The molecule has 3 heterocycles. The van der Waals surface area contributed by atoms with Crippen LogP contribution in [0.15, 0.2) is 95.6 Å². The number of aromatic nitrogens is 4. The molecule has 1 aliphatic rings. The first-order valence-corrected chi connectivity index (χ1v) is 11.6. The number of rotatable bonds is 6. The van der Waals surface area contributed by atoms with Gasteiger partial charge in [-0.3, -0.25) is 9.78 Å². The summed E-state index contributed by atoms with van der Waals surface area (Å²) in [5.74, 6) is 0.594. The van der Waals surface area contributed by atoms with Gasteiger partial charge in [-0.05, 0) is 42.3 Å². The molecule has 0 saturated carbocycles. The smallest absolute Gasteiger partial charge is 0.255 e. The van der Waals surface area contributed by atoms with Crippen LogP contribution in [0.5, 0.6) is 0 Å². The van der Waals surface area contributed by atoms with Gasteiger partial charge in [0, 0.05) is 17.6 Å². The van der Waals surface area contributed by atoms with E-state index >= 15 is 0 Å². The largest absolute Gasteiger partial charge is 0.328 e. The lowest BCUT2D eigenvalue weighted by atomic mass is 9.95. The van der Waals surface area contributed by atoms with Gasteiger partial charge in [-0.15, -0.1) is 5.10 Å². The topological polar surface area (TPSA) is 84.7 Å². The Morgan fingerprint density at radius 2 is 1.91 bits per heavy atom. The van der Waals surface area contributed by atoms with Crippen LogP contribution in [0, 0.1) is 5.82 Å². The van der Waals surface area contributed by atoms with E-state index in [1.807, 2.05) is 25.1 Å².